The molecule has 4 nitrogen and oxygen atoms in total. The van der Waals surface area contributed by atoms with Crippen molar-refractivity contribution < 1.29 is 0 Å². The van der Waals surface area contributed by atoms with Crippen LogP contribution in [-0.4, -0.2) is 19.0 Å². The van der Waals surface area contributed by atoms with E-state index in [9.17, 15) is 0 Å². The van der Waals surface area contributed by atoms with Gasteiger partial charge in [-0.3, -0.25) is 10.4 Å². The minimum atomic E-state index is 0.421. The Labute approximate surface area is 95.9 Å². The first-order valence-corrected chi connectivity index (χ1v) is 5.60. The van der Waals surface area contributed by atoms with Gasteiger partial charge in [0, 0.05) is 13.1 Å². The molecule has 86 valence electrons. The van der Waals surface area contributed by atoms with E-state index < -0.39 is 0 Å². The molecule has 1 unspecified atom stereocenters. The fraction of sp³-hybridized carbons (Fsp3) is 0.417. The lowest BCUT2D eigenvalue weighted by atomic mass is 9.88. The van der Waals surface area contributed by atoms with E-state index in [1.807, 2.05) is 0 Å². The normalized spacial score (nSPS) is 20.1. The van der Waals surface area contributed by atoms with Gasteiger partial charge < -0.3 is 5.32 Å². The van der Waals surface area contributed by atoms with Gasteiger partial charge in [0.2, 0.25) is 5.96 Å². The van der Waals surface area contributed by atoms with E-state index in [0.29, 0.717) is 12.0 Å². The predicted molar refractivity (Wildman–Crippen MR) is 66.1 cm³/mol. The van der Waals surface area contributed by atoms with Crippen LogP contribution in [0.2, 0.25) is 0 Å². The molecule has 1 aromatic carbocycles. The van der Waals surface area contributed by atoms with Gasteiger partial charge >= 0.3 is 0 Å². The molecule has 0 fully saturated rings. The quantitative estimate of drug-likeness (QED) is 0.280. The average molecular weight is 218 g/mol. The number of aliphatic imine (C=N–C) groups is 1. The first kappa shape index (κ1) is 11.0. The van der Waals surface area contributed by atoms with Gasteiger partial charge in [0.05, 0.1) is 0 Å². The van der Waals surface area contributed by atoms with Crippen molar-refractivity contribution in [1.29, 1.82) is 0 Å². The van der Waals surface area contributed by atoms with Gasteiger partial charge in [-0.25, -0.2) is 5.84 Å². The highest BCUT2D eigenvalue weighted by molar-refractivity contribution is 5.79. The topological polar surface area (TPSA) is 62.4 Å². The van der Waals surface area contributed by atoms with Gasteiger partial charge in [0.1, 0.15) is 0 Å². The van der Waals surface area contributed by atoms with Crippen molar-refractivity contribution >= 4 is 5.96 Å². The minimum Gasteiger partial charge on any atom is -0.352 e. The van der Waals surface area contributed by atoms with E-state index in [1.165, 1.54) is 11.1 Å². The molecule has 0 amide bonds. The second-order valence-electron chi connectivity index (χ2n) is 4.07. The molecule has 0 aromatic heterocycles. The van der Waals surface area contributed by atoms with Gasteiger partial charge in [-0.05, 0) is 30.4 Å². The Morgan fingerprint density at radius 2 is 2.12 bits per heavy atom. The molecular formula is C12H18N4. The second kappa shape index (κ2) is 4.99. The number of fused-ring (bicyclic) bond motifs is 1. The van der Waals surface area contributed by atoms with E-state index in [0.717, 1.165) is 19.3 Å². The number of hydrogen-bond donors (Lipinski definition) is 3. The zero-order valence-corrected chi connectivity index (χ0v) is 9.53. The number of hydrogen-bond acceptors (Lipinski definition) is 2. The molecule has 1 aromatic rings. The molecule has 0 saturated carbocycles. The van der Waals surface area contributed by atoms with Gasteiger partial charge in [-0.15, -0.1) is 0 Å². The number of rotatable bonds is 1. The molecule has 1 atom stereocenters. The monoisotopic (exact) mass is 218 g/mol. The summed E-state index contributed by atoms with van der Waals surface area (Å²) in [4.78, 5) is 4.03. The van der Waals surface area contributed by atoms with E-state index in [-0.39, 0.29) is 0 Å². The number of aryl methyl sites for hydroxylation is 1. The van der Waals surface area contributed by atoms with Gasteiger partial charge in [-0.2, -0.15) is 0 Å². The number of benzene rings is 1. The first-order chi connectivity index (χ1) is 7.83. The molecule has 0 heterocycles. The molecule has 0 bridgehead atoms. The average Bonchev–Trinajstić information content (AvgIpc) is 2.35. The summed E-state index contributed by atoms with van der Waals surface area (Å²) >= 11 is 0. The third-order valence-corrected chi connectivity index (χ3v) is 3.05. The van der Waals surface area contributed by atoms with Crippen LogP contribution >= 0.6 is 0 Å². The summed E-state index contributed by atoms with van der Waals surface area (Å²) in [5, 5.41) is 3.31. The molecule has 4 heteroatoms. The van der Waals surface area contributed by atoms with Crippen LogP contribution in [0, 0.1) is 0 Å². The van der Waals surface area contributed by atoms with Crippen LogP contribution < -0.4 is 16.6 Å². The van der Waals surface area contributed by atoms with Crippen molar-refractivity contribution in [3.05, 3.63) is 35.4 Å². The lowest BCUT2D eigenvalue weighted by molar-refractivity contribution is 0.521. The molecular weight excluding hydrogens is 200 g/mol. The summed E-state index contributed by atoms with van der Waals surface area (Å²) < 4.78 is 0. The maximum Gasteiger partial charge on any atom is 0.205 e. The van der Waals surface area contributed by atoms with Crippen molar-refractivity contribution in [2.24, 2.45) is 10.8 Å². The Hall–Kier alpha value is -1.55. The molecule has 1 aliphatic carbocycles. The Morgan fingerprint density at radius 1 is 1.38 bits per heavy atom. The zero-order valence-electron chi connectivity index (χ0n) is 9.53. The molecule has 0 radical (unpaired) electrons. The van der Waals surface area contributed by atoms with Gasteiger partial charge in [0.25, 0.3) is 0 Å². The molecule has 0 aliphatic heterocycles. The third-order valence-electron chi connectivity index (χ3n) is 3.05. The Kier molecular flexibility index (Phi) is 3.41. The molecule has 4 N–H and O–H groups in total. The summed E-state index contributed by atoms with van der Waals surface area (Å²) in [5.74, 6) is 6.01. The van der Waals surface area contributed by atoms with Crippen LogP contribution in [0.4, 0.5) is 0 Å². The van der Waals surface area contributed by atoms with E-state index in [4.69, 9.17) is 5.84 Å². The summed E-state index contributed by atoms with van der Waals surface area (Å²) in [6.07, 6.45) is 3.28. The Balaban J connectivity index is 2.03. The Bertz CT molecular complexity index is 386. The van der Waals surface area contributed by atoms with Crippen molar-refractivity contribution in [2.45, 2.75) is 25.3 Å². The standard InChI is InChI=1S/C12H18N4/c1-14-12(16-13)15-11-7-6-9-4-2-3-5-10(9)8-11/h2-5,11H,6-8,13H2,1H3,(H2,14,15,16). The summed E-state index contributed by atoms with van der Waals surface area (Å²) in [7, 11) is 1.72. The van der Waals surface area contributed by atoms with Crippen molar-refractivity contribution in [2.75, 3.05) is 7.05 Å². The van der Waals surface area contributed by atoms with Crippen LogP contribution in [0.25, 0.3) is 0 Å². The smallest absolute Gasteiger partial charge is 0.205 e. The highest BCUT2D eigenvalue weighted by Gasteiger charge is 2.18. The van der Waals surface area contributed by atoms with Crippen molar-refractivity contribution in [3.8, 4) is 0 Å². The number of nitrogens with two attached hydrogens (primary N) is 1. The minimum absolute atomic E-state index is 0.421. The largest absolute Gasteiger partial charge is 0.352 e. The Morgan fingerprint density at radius 3 is 2.81 bits per heavy atom. The third kappa shape index (κ3) is 2.33. The molecule has 2 rings (SSSR count). The lowest BCUT2D eigenvalue weighted by Gasteiger charge is -2.26. The van der Waals surface area contributed by atoms with E-state index in [2.05, 4.69) is 40.0 Å². The first-order valence-electron chi connectivity index (χ1n) is 5.60. The molecule has 0 spiro atoms. The lowest BCUT2D eigenvalue weighted by Crippen LogP contribution is -2.48. The van der Waals surface area contributed by atoms with Crippen LogP contribution in [0.5, 0.6) is 0 Å². The number of guanidine groups is 1. The molecule has 16 heavy (non-hydrogen) atoms. The number of hydrazine groups is 1. The maximum absolute atomic E-state index is 5.35. The second-order valence-corrected chi connectivity index (χ2v) is 4.07. The number of nitrogens with one attached hydrogen (secondary N) is 2. The fourth-order valence-electron chi connectivity index (χ4n) is 2.19. The van der Waals surface area contributed by atoms with Crippen molar-refractivity contribution in [1.82, 2.24) is 10.7 Å². The zero-order chi connectivity index (χ0) is 11.4. The predicted octanol–water partition coefficient (Wildman–Crippen LogP) is 0.583. The summed E-state index contributed by atoms with van der Waals surface area (Å²) in [5.41, 5.74) is 5.46. The van der Waals surface area contributed by atoms with Crippen LogP contribution in [-0.2, 0) is 12.8 Å². The van der Waals surface area contributed by atoms with Gasteiger partial charge in [0.15, 0.2) is 0 Å². The van der Waals surface area contributed by atoms with Crippen LogP contribution in [0.3, 0.4) is 0 Å². The molecule has 1 aliphatic rings. The number of nitrogens with zero attached hydrogens (tertiary/aromatic N) is 1. The molecule has 0 saturated heterocycles. The van der Waals surface area contributed by atoms with Crippen LogP contribution in [0.1, 0.15) is 17.5 Å². The summed E-state index contributed by atoms with van der Waals surface area (Å²) in [6.45, 7) is 0. The van der Waals surface area contributed by atoms with Crippen molar-refractivity contribution in [3.63, 3.8) is 0 Å². The summed E-state index contributed by atoms with van der Waals surface area (Å²) in [6, 6.07) is 9.03. The van der Waals surface area contributed by atoms with Crippen LogP contribution in [0.15, 0.2) is 29.3 Å². The highest BCUT2D eigenvalue weighted by Crippen LogP contribution is 2.20. The van der Waals surface area contributed by atoms with E-state index >= 15 is 0 Å². The highest BCUT2D eigenvalue weighted by atomic mass is 15.3. The SMILES string of the molecule is CN=C(NN)NC1CCc2ccccc2C1. The maximum atomic E-state index is 5.35. The van der Waals surface area contributed by atoms with E-state index in [1.54, 1.807) is 7.05 Å². The van der Waals surface area contributed by atoms with Gasteiger partial charge in [-0.1, -0.05) is 24.3 Å². The fourth-order valence-corrected chi connectivity index (χ4v) is 2.19.